The van der Waals surface area contributed by atoms with E-state index in [0.29, 0.717) is 0 Å². The van der Waals surface area contributed by atoms with Gasteiger partial charge in [-0.15, -0.1) is 0 Å². The summed E-state index contributed by atoms with van der Waals surface area (Å²) in [5.74, 6) is 0. The third kappa shape index (κ3) is 8.01. The van der Waals surface area contributed by atoms with Gasteiger partial charge < -0.3 is 0 Å². The molecule has 21 heavy (non-hydrogen) atoms. The van der Waals surface area contributed by atoms with E-state index in [1.165, 1.54) is 27.1 Å². The average Bonchev–Trinajstić information content (AvgIpc) is 2.54. The molecule has 0 atom stereocenters. The van der Waals surface area contributed by atoms with Crippen LogP contribution in [0.2, 0.25) is 0 Å². The lowest BCUT2D eigenvalue weighted by molar-refractivity contribution is 1.47. The van der Waals surface area contributed by atoms with Gasteiger partial charge in [-0.2, -0.15) is 0 Å². The highest BCUT2D eigenvalue weighted by atomic mass is 32.2. The van der Waals surface area contributed by atoms with Gasteiger partial charge in [0.1, 0.15) is 0 Å². The Bertz CT molecular complexity index is 565. The topological polar surface area (TPSA) is 0 Å². The van der Waals surface area contributed by atoms with Crippen LogP contribution in [0.15, 0.2) is 101 Å². The van der Waals surface area contributed by atoms with Crippen molar-refractivity contribution in [2.24, 2.45) is 0 Å². The molecule has 0 saturated heterocycles. The van der Waals surface area contributed by atoms with E-state index in [1.54, 1.807) is 0 Å². The molecular formula is C20H23S+. The maximum Gasteiger partial charge on any atom is 0.158 e. The monoisotopic (exact) mass is 295 g/mol. The predicted molar refractivity (Wildman–Crippen MR) is 97.7 cm³/mol. The molecule has 0 aliphatic heterocycles. The van der Waals surface area contributed by atoms with Gasteiger partial charge in [0.25, 0.3) is 0 Å². The van der Waals surface area contributed by atoms with Gasteiger partial charge >= 0.3 is 0 Å². The number of hydrogen-bond acceptors (Lipinski definition) is 0. The van der Waals surface area contributed by atoms with Crippen LogP contribution in [0.3, 0.4) is 0 Å². The van der Waals surface area contributed by atoms with Crippen molar-refractivity contribution in [3.63, 3.8) is 0 Å². The Balaban J connectivity index is 0.000000262. The molecule has 0 radical (unpaired) electrons. The van der Waals surface area contributed by atoms with E-state index in [1.807, 2.05) is 49.4 Å². The molecule has 2 aromatic carbocycles. The van der Waals surface area contributed by atoms with E-state index in [-0.39, 0.29) is 0 Å². The van der Waals surface area contributed by atoms with Crippen LogP contribution in [0, 0.1) is 6.92 Å². The fraction of sp³-hybridized carbons (Fsp3) is 0.100. The molecule has 0 aromatic heterocycles. The molecule has 0 N–H and O–H groups in total. The quantitative estimate of drug-likeness (QED) is 0.397. The molecule has 0 amide bonds. The lowest BCUT2D eigenvalue weighted by atomic mass is 10.2. The zero-order valence-electron chi connectivity index (χ0n) is 12.7. The summed E-state index contributed by atoms with van der Waals surface area (Å²) in [7, 11) is 0. The zero-order valence-corrected chi connectivity index (χ0v) is 13.6. The highest BCUT2D eigenvalue weighted by Crippen LogP contribution is 2.10. The molecule has 0 fully saturated rings. The van der Waals surface area contributed by atoms with Gasteiger partial charge in [-0.1, -0.05) is 72.8 Å². The van der Waals surface area contributed by atoms with Crippen molar-refractivity contribution >= 4 is 11.8 Å². The number of benzene rings is 2. The van der Waals surface area contributed by atoms with Crippen LogP contribution < -0.4 is 0 Å². The van der Waals surface area contributed by atoms with Crippen LogP contribution in [-0.2, 0) is 11.8 Å². The van der Waals surface area contributed by atoms with Crippen LogP contribution in [0.1, 0.15) is 12.5 Å². The van der Waals surface area contributed by atoms with Gasteiger partial charge in [-0.05, 0) is 38.1 Å². The van der Waals surface area contributed by atoms with Gasteiger partial charge in [0.15, 0.2) is 9.80 Å². The summed E-state index contributed by atoms with van der Waals surface area (Å²) in [5, 5.41) is 0. The van der Waals surface area contributed by atoms with Gasteiger partial charge in [0.2, 0.25) is 0 Å². The molecule has 2 aromatic rings. The first-order valence-electron chi connectivity index (χ1n) is 7.00. The molecule has 0 saturated carbocycles. The summed E-state index contributed by atoms with van der Waals surface area (Å²) >= 11 is 1.21. The minimum atomic E-state index is 1.21. The second kappa shape index (κ2) is 10.8. The van der Waals surface area contributed by atoms with E-state index in [2.05, 4.69) is 56.0 Å². The Kier molecular flexibility index (Phi) is 8.74. The zero-order chi connectivity index (χ0) is 15.3. The smallest absolute Gasteiger partial charge is 0.0941 e. The third-order valence-corrected chi connectivity index (χ3v) is 3.77. The summed E-state index contributed by atoms with van der Waals surface area (Å²) in [6, 6.07) is 20.6. The molecule has 0 bridgehead atoms. The fourth-order valence-electron chi connectivity index (χ4n) is 1.53. The first-order chi connectivity index (χ1) is 10.3. The number of hydrogen-bond donors (Lipinski definition) is 0. The fourth-order valence-corrected chi connectivity index (χ4v) is 2.40. The Hall–Kier alpha value is -1.99. The lowest BCUT2D eigenvalue weighted by Crippen LogP contribution is -1.83. The van der Waals surface area contributed by atoms with Crippen molar-refractivity contribution in [3.8, 4) is 0 Å². The molecule has 2 rings (SSSR count). The normalized spacial score (nSPS) is 10.9. The molecule has 0 nitrogen and oxygen atoms in total. The Morgan fingerprint density at radius 2 is 1.52 bits per heavy atom. The predicted octanol–water partition coefficient (Wildman–Crippen LogP) is 5.50. The maximum absolute atomic E-state index is 3.80. The molecule has 0 aliphatic rings. The summed E-state index contributed by atoms with van der Waals surface area (Å²) in [4.78, 5) is 2.51. The van der Waals surface area contributed by atoms with Crippen molar-refractivity contribution in [2.45, 2.75) is 18.7 Å². The van der Waals surface area contributed by atoms with Gasteiger partial charge in [0, 0.05) is 11.8 Å². The second-order valence-electron chi connectivity index (χ2n) is 4.42. The maximum atomic E-state index is 3.80. The van der Waals surface area contributed by atoms with Crippen LogP contribution in [0.25, 0.3) is 0 Å². The number of rotatable bonds is 4. The van der Waals surface area contributed by atoms with Crippen LogP contribution in [-0.4, -0.2) is 0 Å². The summed E-state index contributed by atoms with van der Waals surface area (Å²) in [6.07, 6.45) is 8.03. The highest BCUT2D eigenvalue weighted by Gasteiger charge is 2.04. The average molecular weight is 295 g/mol. The van der Waals surface area contributed by atoms with E-state index in [9.17, 15) is 0 Å². The molecule has 0 unspecified atom stereocenters. The second-order valence-corrected chi connectivity index (χ2v) is 5.68. The van der Waals surface area contributed by atoms with E-state index in [0.717, 1.165) is 0 Å². The lowest BCUT2D eigenvalue weighted by Gasteiger charge is -1.90. The molecular weight excluding hydrogens is 272 g/mol. The van der Waals surface area contributed by atoms with Crippen LogP contribution >= 0.6 is 0 Å². The SMILES string of the molecule is C=C/C(=C\C=C/C)[SH+]c1ccccc1.Cc1ccccc1. The molecule has 108 valence electrons. The highest BCUT2D eigenvalue weighted by molar-refractivity contribution is 7.83. The molecule has 0 heterocycles. The van der Waals surface area contributed by atoms with Gasteiger partial charge in [-0.3, -0.25) is 0 Å². The number of allylic oxidation sites excluding steroid dienone is 4. The summed E-state index contributed by atoms with van der Waals surface area (Å²) in [6.45, 7) is 7.89. The molecule has 0 aliphatic carbocycles. The summed E-state index contributed by atoms with van der Waals surface area (Å²) < 4.78 is 0. The van der Waals surface area contributed by atoms with E-state index >= 15 is 0 Å². The first-order valence-corrected chi connectivity index (χ1v) is 7.89. The first kappa shape index (κ1) is 17.1. The Labute approximate surface area is 132 Å². The van der Waals surface area contributed by atoms with Gasteiger partial charge in [-0.25, -0.2) is 0 Å². The van der Waals surface area contributed by atoms with E-state index in [4.69, 9.17) is 0 Å². The Morgan fingerprint density at radius 3 is 1.95 bits per heavy atom. The summed E-state index contributed by atoms with van der Waals surface area (Å²) in [5.41, 5.74) is 1.32. The largest absolute Gasteiger partial charge is 0.158 e. The van der Waals surface area contributed by atoms with Gasteiger partial charge in [0.05, 0.1) is 0 Å². The molecule has 1 heteroatoms. The number of thiol groups is 1. The Morgan fingerprint density at radius 1 is 0.952 bits per heavy atom. The van der Waals surface area contributed by atoms with Crippen LogP contribution in [0.5, 0.6) is 0 Å². The third-order valence-electron chi connectivity index (χ3n) is 2.62. The molecule has 0 spiro atoms. The van der Waals surface area contributed by atoms with E-state index < -0.39 is 0 Å². The van der Waals surface area contributed by atoms with Crippen molar-refractivity contribution in [1.29, 1.82) is 0 Å². The standard InChI is InChI=1S/C13H14S.C7H8/c1-3-5-9-12(4-2)14-13-10-7-6-8-11-13;1-7-5-3-2-4-6-7/h3-11H,2H2,1H3;2-6H,1H3/p+1/b5-3-,12-9+;. The van der Waals surface area contributed by atoms with Crippen LogP contribution in [0.4, 0.5) is 0 Å². The minimum Gasteiger partial charge on any atom is -0.0941 e. The minimum absolute atomic E-state index is 1.21. The van der Waals surface area contributed by atoms with Crippen molar-refractivity contribution in [3.05, 3.63) is 102 Å². The van der Waals surface area contributed by atoms with Crippen molar-refractivity contribution < 1.29 is 0 Å². The number of aryl methyl sites for hydroxylation is 1. The van der Waals surface area contributed by atoms with Crippen molar-refractivity contribution in [2.75, 3.05) is 0 Å². The van der Waals surface area contributed by atoms with Crippen molar-refractivity contribution in [1.82, 2.24) is 0 Å².